The first kappa shape index (κ1) is 14.0. The Hall–Kier alpha value is -1.43. The van der Waals surface area contributed by atoms with Gasteiger partial charge in [-0.2, -0.15) is 0 Å². The Morgan fingerprint density at radius 1 is 1.47 bits per heavy atom. The Balaban J connectivity index is 1.87. The fraction of sp³-hybridized carbons (Fsp3) is 0.615. The van der Waals surface area contributed by atoms with E-state index >= 15 is 0 Å². The molecular weight excluding hydrogens is 264 g/mol. The van der Waals surface area contributed by atoms with Crippen molar-refractivity contribution >= 4 is 23.2 Å². The molecule has 0 aliphatic heterocycles. The summed E-state index contributed by atoms with van der Waals surface area (Å²) in [6.45, 7) is 5.26. The predicted octanol–water partition coefficient (Wildman–Crippen LogP) is 2.73. The van der Waals surface area contributed by atoms with E-state index in [9.17, 15) is 9.59 Å². The Morgan fingerprint density at radius 3 is 2.74 bits per heavy atom. The molecule has 2 rings (SSSR count). The van der Waals surface area contributed by atoms with Crippen molar-refractivity contribution in [2.45, 2.75) is 45.1 Å². The van der Waals surface area contributed by atoms with E-state index in [2.05, 4.69) is 10.3 Å². The van der Waals surface area contributed by atoms with Gasteiger partial charge in [0.2, 0.25) is 5.78 Å². The standard InChI is InChI=1S/C13H18N2O3S/c1-13(2,3)18-12(17)14-6-9(16)10-11(8-4-5-8)19-7-15-10/h7-8H,4-6H2,1-3H3,(H,14,17). The Bertz CT molecular complexity index is 486. The van der Waals surface area contributed by atoms with Crippen molar-refractivity contribution in [1.82, 2.24) is 10.3 Å². The lowest BCUT2D eigenvalue weighted by molar-refractivity contribution is 0.0520. The van der Waals surface area contributed by atoms with Gasteiger partial charge in [0.05, 0.1) is 12.1 Å². The van der Waals surface area contributed by atoms with Gasteiger partial charge in [-0.1, -0.05) is 0 Å². The molecule has 0 spiro atoms. The number of ketones is 1. The van der Waals surface area contributed by atoms with Crippen LogP contribution in [0, 0.1) is 0 Å². The number of nitrogens with zero attached hydrogens (tertiary/aromatic N) is 1. The molecule has 19 heavy (non-hydrogen) atoms. The minimum atomic E-state index is -0.580. The monoisotopic (exact) mass is 282 g/mol. The minimum Gasteiger partial charge on any atom is -0.444 e. The number of amides is 1. The first-order valence-corrected chi connectivity index (χ1v) is 7.18. The molecule has 6 heteroatoms. The number of carbonyl (C=O) groups is 2. The number of alkyl carbamates (subject to hydrolysis) is 1. The van der Waals surface area contributed by atoms with Crippen LogP contribution in [0.4, 0.5) is 4.79 Å². The Morgan fingerprint density at radius 2 is 2.16 bits per heavy atom. The highest BCUT2D eigenvalue weighted by Crippen LogP contribution is 2.43. The predicted molar refractivity (Wildman–Crippen MR) is 72.7 cm³/mol. The fourth-order valence-electron chi connectivity index (χ4n) is 1.65. The van der Waals surface area contributed by atoms with Crippen molar-refractivity contribution in [1.29, 1.82) is 0 Å². The zero-order chi connectivity index (χ0) is 14.0. The summed E-state index contributed by atoms with van der Waals surface area (Å²) in [5, 5.41) is 2.47. The molecular formula is C13H18N2O3S. The average Bonchev–Trinajstić information content (AvgIpc) is 3.01. The van der Waals surface area contributed by atoms with Crippen LogP contribution in [0.2, 0.25) is 0 Å². The van der Waals surface area contributed by atoms with Crippen LogP contribution in [0.3, 0.4) is 0 Å². The first-order valence-electron chi connectivity index (χ1n) is 6.30. The maximum Gasteiger partial charge on any atom is 0.408 e. The molecule has 0 radical (unpaired) electrons. The molecule has 0 bridgehead atoms. The van der Waals surface area contributed by atoms with Crippen LogP contribution in [-0.4, -0.2) is 29.0 Å². The molecule has 1 aliphatic carbocycles. The molecule has 1 aliphatic rings. The summed E-state index contributed by atoms with van der Waals surface area (Å²) >= 11 is 1.52. The summed E-state index contributed by atoms with van der Waals surface area (Å²) in [7, 11) is 0. The van der Waals surface area contributed by atoms with Gasteiger partial charge >= 0.3 is 6.09 Å². The molecule has 1 heterocycles. The van der Waals surface area contributed by atoms with Crippen molar-refractivity contribution in [3.05, 3.63) is 16.1 Å². The molecule has 1 fully saturated rings. The van der Waals surface area contributed by atoms with E-state index in [1.54, 1.807) is 26.3 Å². The van der Waals surface area contributed by atoms with Crippen molar-refractivity contribution in [2.75, 3.05) is 6.54 Å². The van der Waals surface area contributed by atoms with Gasteiger partial charge in [0.25, 0.3) is 0 Å². The maximum atomic E-state index is 12.0. The number of thiazole rings is 1. The van der Waals surface area contributed by atoms with E-state index in [0.29, 0.717) is 11.6 Å². The van der Waals surface area contributed by atoms with E-state index in [-0.39, 0.29) is 12.3 Å². The van der Waals surface area contributed by atoms with Crippen molar-refractivity contribution < 1.29 is 14.3 Å². The number of Topliss-reactive ketones (excluding diaryl/α,β-unsaturated/α-hetero) is 1. The average molecular weight is 282 g/mol. The lowest BCUT2D eigenvalue weighted by atomic mass is 10.2. The lowest BCUT2D eigenvalue weighted by Crippen LogP contribution is -2.35. The molecule has 1 N–H and O–H groups in total. The number of aromatic nitrogens is 1. The van der Waals surface area contributed by atoms with Crippen molar-refractivity contribution in [3.63, 3.8) is 0 Å². The van der Waals surface area contributed by atoms with Gasteiger partial charge in [-0.3, -0.25) is 4.79 Å². The molecule has 0 atom stereocenters. The zero-order valence-corrected chi connectivity index (χ0v) is 12.2. The summed E-state index contributed by atoms with van der Waals surface area (Å²) in [4.78, 5) is 28.6. The van der Waals surface area contributed by atoms with Gasteiger partial charge in [0, 0.05) is 4.88 Å². The largest absolute Gasteiger partial charge is 0.444 e. The number of ether oxygens (including phenoxy) is 1. The highest BCUT2D eigenvalue weighted by Gasteiger charge is 2.30. The summed E-state index contributed by atoms with van der Waals surface area (Å²) in [6, 6.07) is 0. The smallest absolute Gasteiger partial charge is 0.408 e. The molecule has 104 valence electrons. The topological polar surface area (TPSA) is 68.3 Å². The van der Waals surface area contributed by atoms with Crippen LogP contribution in [-0.2, 0) is 4.74 Å². The third-order valence-electron chi connectivity index (χ3n) is 2.60. The second-order valence-corrected chi connectivity index (χ2v) is 6.50. The Labute approximate surface area is 116 Å². The Kier molecular flexibility index (Phi) is 3.89. The molecule has 0 unspecified atom stereocenters. The number of hydrogen-bond acceptors (Lipinski definition) is 5. The number of rotatable bonds is 4. The van der Waals surface area contributed by atoms with Gasteiger partial charge in [-0.25, -0.2) is 9.78 Å². The van der Waals surface area contributed by atoms with Crippen molar-refractivity contribution in [2.24, 2.45) is 0 Å². The van der Waals surface area contributed by atoms with Crippen LogP contribution < -0.4 is 5.32 Å². The van der Waals surface area contributed by atoms with E-state index in [4.69, 9.17) is 4.74 Å². The molecule has 1 saturated carbocycles. The second kappa shape index (κ2) is 5.28. The van der Waals surface area contributed by atoms with Crippen LogP contribution in [0.15, 0.2) is 5.51 Å². The van der Waals surface area contributed by atoms with E-state index in [1.165, 1.54) is 11.3 Å². The minimum absolute atomic E-state index is 0.0711. The molecule has 0 saturated heterocycles. The molecule has 1 amide bonds. The summed E-state index contributed by atoms with van der Waals surface area (Å²) < 4.78 is 5.08. The third-order valence-corrected chi connectivity index (χ3v) is 3.59. The van der Waals surface area contributed by atoms with Crippen LogP contribution in [0.25, 0.3) is 0 Å². The van der Waals surface area contributed by atoms with Gasteiger partial charge in [-0.05, 0) is 39.5 Å². The maximum absolute atomic E-state index is 12.0. The van der Waals surface area contributed by atoms with Gasteiger partial charge in [0.15, 0.2) is 0 Å². The van der Waals surface area contributed by atoms with Crippen LogP contribution in [0.5, 0.6) is 0 Å². The number of nitrogens with one attached hydrogen (secondary N) is 1. The lowest BCUT2D eigenvalue weighted by Gasteiger charge is -2.19. The van der Waals surface area contributed by atoms with Crippen LogP contribution >= 0.6 is 11.3 Å². The summed E-state index contributed by atoms with van der Waals surface area (Å²) in [5.74, 6) is 0.335. The third kappa shape index (κ3) is 4.02. The van der Waals surface area contributed by atoms with Gasteiger partial charge in [0.1, 0.15) is 11.3 Å². The highest BCUT2D eigenvalue weighted by atomic mass is 32.1. The number of hydrogen-bond donors (Lipinski definition) is 1. The molecule has 0 aromatic carbocycles. The normalized spacial score (nSPS) is 15.1. The highest BCUT2D eigenvalue weighted by molar-refractivity contribution is 7.10. The quantitative estimate of drug-likeness (QED) is 0.862. The zero-order valence-electron chi connectivity index (χ0n) is 11.4. The fourth-order valence-corrected chi connectivity index (χ4v) is 2.63. The van der Waals surface area contributed by atoms with Gasteiger partial charge < -0.3 is 10.1 Å². The second-order valence-electron chi connectivity index (χ2n) is 5.62. The number of carbonyl (C=O) groups excluding carboxylic acids is 2. The van der Waals surface area contributed by atoms with Crippen LogP contribution in [0.1, 0.15) is 54.9 Å². The molecule has 1 aromatic heterocycles. The summed E-state index contributed by atoms with van der Waals surface area (Å²) in [6.07, 6.45) is 1.67. The molecule has 5 nitrogen and oxygen atoms in total. The molecule has 1 aromatic rings. The van der Waals surface area contributed by atoms with E-state index in [1.807, 2.05) is 0 Å². The first-order chi connectivity index (χ1) is 8.87. The van der Waals surface area contributed by atoms with Gasteiger partial charge in [-0.15, -0.1) is 11.3 Å². The SMILES string of the molecule is CC(C)(C)OC(=O)NCC(=O)c1ncsc1C1CC1. The van der Waals surface area contributed by atoms with E-state index in [0.717, 1.165) is 17.7 Å². The summed E-state index contributed by atoms with van der Waals surface area (Å²) in [5.41, 5.74) is 1.63. The van der Waals surface area contributed by atoms with E-state index < -0.39 is 11.7 Å². The van der Waals surface area contributed by atoms with Crippen molar-refractivity contribution in [3.8, 4) is 0 Å².